The fourth-order valence-corrected chi connectivity index (χ4v) is 4.94. The summed E-state index contributed by atoms with van der Waals surface area (Å²) >= 11 is 1.92. The van der Waals surface area contributed by atoms with Crippen LogP contribution in [0.4, 0.5) is 39.5 Å². The van der Waals surface area contributed by atoms with E-state index in [1.54, 1.807) is 0 Å². The highest BCUT2D eigenvalue weighted by molar-refractivity contribution is 7.11. The molecule has 2 aromatic rings. The second-order valence-electron chi connectivity index (χ2n) is 9.71. The fraction of sp³-hybridized carbons (Fsp3) is 0.538. The molecule has 3 N–H and O–H groups in total. The summed E-state index contributed by atoms with van der Waals surface area (Å²) in [6.45, 7) is 9.50. The Bertz CT molecular complexity index is 1180. The van der Waals surface area contributed by atoms with Crippen LogP contribution in [0.25, 0.3) is 0 Å². The number of nitrogens with zero attached hydrogens (tertiary/aromatic N) is 3. The summed E-state index contributed by atoms with van der Waals surface area (Å²) in [6, 6.07) is 8.69. The van der Waals surface area contributed by atoms with Crippen molar-refractivity contribution in [2.75, 3.05) is 32.8 Å². The lowest BCUT2D eigenvalue weighted by molar-refractivity contribution is -0.193. The van der Waals surface area contributed by atoms with Crippen LogP contribution >= 0.6 is 11.3 Å². The zero-order valence-corrected chi connectivity index (χ0v) is 24.7. The van der Waals surface area contributed by atoms with Gasteiger partial charge < -0.3 is 20.1 Å². The number of carboxylic acid groups (broad SMARTS) is 3. The number of aromatic nitrogens is 1. The highest BCUT2D eigenvalue weighted by Gasteiger charge is 2.39. The van der Waals surface area contributed by atoms with E-state index in [0.29, 0.717) is 12.0 Å². The number of hydrogen-bond acceptors (Lipinski definition) is 8. The van der Waals surface area contributed by atoms with Crippen LogP contribution in [0.2, 0.25) is 0 Å². The maximum atomic E-state index is 10.6. The summed E-state index contributed by atoms with van der Waals surface area (Å²) in [6.07, 6.45) is -9.81. The molecule has 4 heterocycles. The van der Waals surface area contributed by atoms with Gasteiger partial charge in [-0.15, -0.1) is 11.3 Å². The molecular weight excluding hydrogens is 669 g/mol. The van der Waals surface area contributed by atoms with Crippen molar-refractivity contribution < 1.29 is 74.0 Å². The number of pyridine rings is 1. The Hall–Kier alpha value is -3.49. The topological polar surface area (TPSA) is 140 Å². The molecule has 260 valence electrons. The number of aliphatic carboxylic acids is 3. The van der Waals surface area contributed by atoms with Crippen molar-refractivity contribution >= 4 is 29.2 Å². The first-order valence-electron chi connectivity index (χ1n) is 13.0. The van der Waals surface area contributed by atoms with Gasteiger partial charge in [-0.2, -0.15) is 39.5 Å². The van der Waals surface area contributed by atoms with Crippen molar-refractivity contribution in [1.82, 2.24) is 14.8 Å². The lowest BCUT2D eigenvalue weighted by Crippen LogP contribution is -2.46. The van der Waals surface area contributed by atoms with Crippen LogP contribution in [-0.4, -0.2) is 105 Å². The molecule has 2 aliphatic rings. The van der Waals surface area contributed by atoms with Crippen LogP contribution < -0.4 is 0 Å². The van der Waals surface area contributed by atoms with Crippen molar-refractivity contribution in [3.63, 3.8) is 0 Å². The summed E-state index contributed by atoms with van der Waals surface area (Å²) in [5.74, 6) is -7.62. The summed E-state index contributed by atoms with van der Waals surface area (Å²) in [5.41, 5.74) is 1.30. The van der Waals surface area contributed by atoms with Gasteiger partial charge in [0.05, 0.1) is 12.7 Å². The van der Waals surface area contributed by atoms with Crippen LogP contribution in [0.3, 0.4) is 0 Å². The number of halogens is 9. The van der Waals surface area contributed by atoms with E-state index >= 15 is 0 Å². The van der Waals surface area contributed by atoms with Crippen LogP contribution in [-0.2, 0) is 32.2 Å². The minimum absolute atomic E-state index is 0.383. The van der Waals surface area contributed by atoms with Crippen LogP contribution in [0.1, 0.15) is 21.7 Å². The molecule has 2 aromatic heterocycles. The van der Waals surface area contributed by atoms with E-state index < -0.39 is 36.4 Å². The highest BCUT2D eigenvalue weighted by Crippen LogP contribution is 2.27. The Labute approximate surface area is 260 Å². The van der Waals surface area contributed by atoms with Gasteiger partial charge in [-0.25, -0.2) is 14.4 Å². The quantitative estimate of drug-likeness (QED) is 0.371. The van der Waals surface area contributed by atoms with Crippen LogP contribution in [0.5, 0.6) is 0 Å². The maximum absolute atomic E-state index is 10.6. The molecule has 2 atom stereocenters. The van der Waals surface area contributed by atoms with E-state index in [9.17, 15) is 39.5 Å². The van der Waals surface area contributed by atoms with E-state index in [-0.39, 0.29) is 0 Å². The zero-order valence-electron chi connectivity index (χ0n) is 23.9. The Morgan fingerprint density at radius 2 is 1.37 bits per heavy atom. The van der Waals surface area contributed by atoms with Gasteiger partial charge >= 0.3 is 36.4 Å². The SMILES string of the molecule is Cc1ccc(CN2CC[C@@H]3CN(Cc4cccnc4)CCO[C@@H]3C2)s1.O=C(O)C(F)(F)F.O=C(O)C(F)(F)F.O=C(O)C(F)(F)F. The predicted molar refractivity (Wildman–Crippen MR) is 143 cm³/mol. The summed E-state index contributed by atoms with van der Waals surface area (Å²) in [7, 11) is 0. The smallest absolute Gasteiger partial charge is 0.475 e. The van der Waals surface area contributed by atoms with Gasteiger partial charge in [-0.05, 0) is 43.7 Å². The molecule has 20 heteroatoms. The first-order valence-corrected chi connectivity index (χ1v) is 13.8. The monoisotopic (exact) mass is 699 g/mol. The molecule has 0 radical (unpaired) electrons. The van der Waals surface area contributed by atoms with E-state index in [1.165, 1.54) is 28.3 Å². The largest absolute Gasteiger partial charge is 0.490 e. The number of ether oxygens (including phenoxy) is 1. The van der Waals surface area contributed by atoms with E-state index in [4.69, 9.17) is 34.4 Å². The summed E-state index contributed by atoms with van der Waals surface area (Å²) in [4.78, 5) is 38.9. The summed E-state index contributed by atoms with van der Waals surface area (Å²) in [5, 5.41) is 21.4. The van der Waals surface area contributed by atoms with Gasteiger partial charge in [0.1, 0.15) is 0 Å². The van der Waals surface area contributed by atoms with Crippen LogP contribution in [0, 0.1) is 12.8 Å². The normalized spacial score (nSPS) is 19.0. The van der Waals surface area contributed by atoms with Gasteiger partial charge in [-0.1, -0.05) is 6.07 Å². The van der Waals surface area contributed by atoms with Gasteiger partial charge in [0.15, 0.2) is 0 Å². The number of carbonyl (C=O) groups is 3. The van der Waals surface area contributed by atoms with Crippen molar-refractivity contribution in [2.24, 2.45) is 5.92 Å². The van der Waals surface area contributed by atoms with Gasteiger partial charge in [0.25, 0.3) is 0 Å². The van der Waals surface area contributed by atoms with E-state index in [0.717, 1.165) is 39.3 Å². The average Bonchev–Trinajstić information content (AvgIpc) is 3.23. The Kier molecular flexibility index (Phi) is 15.9. The van der Waals surface area contributed by atoms with E-state index in [2.05, 4.69) is 39.9 Å². The van der Waals surface area contributed by atoms with Crippen molar-refractivity contribution in [2.45, 2.75) is 51.1 Å². The molecule has 0 spiro atoms. The Morgan fingerprint density at radius 1 is 0.848 bits per heavy atom. The minimum Gasteiger partial charge on any atom is -0.475 e. The molecular formula is C26H30F9N3O7S. The standard InChI is InChI=1S/C20H27N3OS.3C2HF3O2/c1-16-4-5-19(25-16)14-22-8-6-18-13-23(9-10-24-20(18)15-22)12-17-3-2-7-21-11-17;3*3-2(4,5)1(6)7/h2-5,7,11,18,20H,6,8-10,12-15H2,1H3;3*(H,6,7)/t18-,20-;;;/m1.../s1. The molecule has 0 saturated carbocycles. The number of carboxylic acids is 3. The van der Waals surface area contributed by atoms with Gasteiger partial charge in [0.2, 0.25) is 0 Å². The number of hydrogen-bond donors (Lipinski definition) is 3. The number of piperidine rings is 1. The number of rotatable bonds is 4. The van der Waals surface area contributed by atoms with Crippen molar-refractivity contribution in [3.8, 4) is 0 Å². The number of fused-ring (bicyclic) bond motifs is 1. The average molecular weight is 700 g/mol. The van der Waals surface area contributed by atoms with Crippen LogP contribution in [0.15, 0.2) is 36.7 Å². The number of thiophene rings is 1. The Morgan fingerprint density at radius 3 is 1.80 bits per heavy atom. The molecule has 0 unspecified atom stereocenters. The first-order chi connectivity index (χ1) is 21.1. The predicted octanol–water partition coefficient (Wildman–Crippen LogP) is 5.07. The molecule has 2 fully saturated rings. The zero-order chi connectivity index (χ0) is 35.3. The third-order valence-corrected chi connectivity index (χ3v) is 7.03. The van der Waals surface area contributed by atoms with Gasteiger partial charge in [-0.3, -0.25) is 14.8 Å². The second kappa shape index (κ2) is 18.0. The minimum atomic E-state index is -5.08. The molecule has 2 saturated heterocycles. The number of likely N-dealkylation sites (tertiary alicyclic amines) is 1. The molecule has 0 aromatic carbocycles. The maximum Gasteiger partial charge on any atom is 0.490 e. The molecule has 0 aliphatic carbocycles. The third kappa shape index (κ3) is 16.2. The molecule has 10 nitrogen and oxygen atoms in total. The van der Waals surface area contributed by atoms with Crippen molar-refractivity contribution in [1.29, 1.82) is 0 Å². The highest BCUT2D eigenvalue weighted by atomic mass is 32.1. The molecule has 0 amide bonds. The number of aryl methyl sites for hydroxylation is 1. The first kappa shape index (κ1) is 40.5. The third-order valence-electron chi connectivity index (χ3n) is 6.04. The fourth-order valence-electron chi connectivity index (χ4n) is 4.01. The number of alkyl halides is 9. The molecule has 2 aliphatic heterocycles. The molecule has 4 rings (SSSR count). The van der Waals surface area contributed by atoms with Crippen molar-refractivity contribution in [3.05, 3.63) is 52.0 Å². The Balaban J connectivity index is 0.000000413. The molecule has 0 bridgehead atoms. The lowest BCUT2D eigenvalue weighted by Gasteiger charge is -2.37. The van der Waals surface area contributed by atoms with E-state index in [1.807, 2.05) is 29.8 Å². The second-order valence-corrected chi connectivity index (χ2v) is 11.1. The lowest BCUT2D eigenvalue weighted by atomic mass is 9.93. The summed E-state index contributed by atoms with van der Waals surface area (Å²) < 4.78 is 101. The molecule has 46 heavy (non-hydrogen) atoms. The van der Waals surface area contributed by atoms with Gasteiger partial charge in [0, 0.05) is 60.8 Å².